The van der Waals surface area contributed by atoms with Crippen LogP contribution in [0.2, 0.25) is 0 Å². The van der Waals surface area contributed by atoms with Crippen molar-refractivity contribution in [3.05, 3.63) is 64.4 Å². The van der Waals surface area contributed by atoms with Gasteiger partial charge in [0.15, 0.2) is 5.16 Å². The Labute approximate surface area is 194 Å². The second-order valence-corrected chi connectivity index (χ2v) is 10.7. The van der Waals surface area contributed by atoms with Crippen molar-refractivity contribution in [3.63, 3.8) is 0 Å². The Morgan fingerprint density at radius 2 is 1.75 bits per heavy atom. The van der Waals surface area contributed by atoms with Gasteiger partial charge in [0, 0.05) is 32.9 Å². The number of fused-ring (bicyclic) bond motifs is 1. The van der Waals surface area contributed by atoms with Gasteiger partial charge in [-0.1, -0.05) is 49.9 Å². The first-order chi connectivity index (χ1) is 15.3. The number of thioether (sulfide) groups is 1. The third-order valence-corrected chi connectivity index (χ3v) is 8.26. The molecular weight excluding hydrogens is 444 g/mol. The zero-order valence-corrected chi connectivity index (χ0v) is 20.6. The summed E-state index contributed by atoms with van der Waals surface area (Å²) in [5.41, 5.74) is 1.48. The molecule has 0 atom stereocenters. The Morgan fingerprint density at radius 1 is 1.03 bits per heavy atom. The summed E-state index contributed by atoms with van der Waals surface area (Å²) in [5.74, 6) is 0.507. The third-order valence-electron chi connectivity index (χ3n) is 5.41. The van der Waals surface area contributed by atoms with Gasteiger partial charge in [-0.2, -0.15) is 0 Å². The van der Waals surface area contributed by atoms with Gasteiger partial charge in [0.05, 0.1) is 15.8 Å². The average molecular weight is 475 g/mol. The quantitative estimate of drug-likeness (QED) is 0.332. The van der Waals surface area contributed by atoms with Crippen LogP contribution in [0.4, 0.5) is 0 Å². The van der Waals surface area contributed by atoms with Crippen LogP contribution in [-0.4, -0.2) is 60.9 Å². The lowest BCUT2D eigenvalue weighted by molar-refractivity contribution is 0.284. The Hall–Kier alpha value is -2.20. The molecule has 3 rings (SSSR count). The molecule has 0 N–H and O–H groups in total. The lowest BCUT2D eigenvalue weighted by atomic mass is 10.2. The lowest BCUT2D eigenvalue weighted by Crippen LogP contribution is -2.32. The van der Waals surface area contributed by atoms with E-state index < -0.39 is 10.0 Å². The van der Waals surface area contributed by atoms with E-state index in [9.17, 15) is 13.2 Å². The molecule has 0 saturated heterocycles. The van der Waals surface area contributed by atoms with E-state index in [-0.39, 0.29) is 10.5 Å². The maximum Gasteiger partial charge on any atom is 0.262 e. The monoisotopic (exact) mass is 474 g/mol. The molecule has 0 aliphatic heterocycles. The summed E-state index contributed by atoms with van der Waals surface area (Å²) in [4.78, 5) is 20.5. The van der Waals surface area contributed by atoms with E-state index in [1.807, 2.05) is 30.3 Å². The molecule has 0 aliphatic carbocycles. The van der Waals surface area contributed by atoms with Gasteiger partial charge in [0.2, 0.25) is 10.0 Å². The highest BCUT2D eigenvalue weighted by molar-refractivity contribution is 7.98. The van der Waals surface area contributed by atoms with E-state index in [0.717, 1.165) is 25.2 Å². The number of sulfonamides is 1. The highest BCUT2D eigenvalue weighted by Gasteiger charge is 2.18. The van der Waals surface area contributed by atoms with E-state index in [4.69, 9.17) is 4.98 Å². The molecule has 0 spiro atoms. The number of nitrogens with zero attached hydrogens (tertiary/aromatic N) is 4. The summed E-state index contributed by atoms with van der Waals surface area (Å²) >= 11 is 1.45. The van der Waals surface area contributed by atoms with E-state index in [1.54, 1.807) is 22.8 Å². The van der Waals surface area contributed by atoms with E-state index in [0.29, 0.717) is 28.4 Å². The Morgan fingerprint density at radius 3 is 2.44 bits per heavy atom. The van der Waals surface area contributed by atoms with E-state index in [1.165, 1.54) is 30.2 Å². The number of aromatic nitrogens is 2. The molecule has 0 aliphatic rings. The molecule has 0 fully saturated rings. The van der Waals surface area contributed by atoms with Crippen LogP contribution in [0.25, 0.3) is 10.9 Å². The number of para-hydroxylation sites is 1. The van der Waals surface area contributed by atoms with Crippen molar-refractivity contribution in [1.29, 1.82) is 0 Å². The van der Waals surface area contributed by atoms with Crippen LogP contribution in [0.3, 0.4) is 0 Å². The molecule has 1 aromatic heterocycles. The molecule has 0 saturated carbocycles. The maximum atomic E-state index is 13.2. The predicted molar refractivity (Wildman–Crippen MR) is 131 cm³/mol. The molecule has 0 unspecified atom stereocenters. The third kappa shape index (κ3) is 5.40. The molecule has 0 bridgehead atoms. The Balaban J connectivity index is 1.93. The van der Waals surface area contributed by atoms with Crippen LogP contribution in [0.15, 0.2) is 63.4 Å². The van der Waals surface area contributed by atoms with Crippen LogP contribution in [0, 0.1) is 0 Å². The van der Waals surface area contributed by atoms with Crippen LogP contribution in [0.5, 0.6) is 0 Å². The summed E-state index contributed by atoms with van der Waals surface area (Å²) < 4.78 is 27.9. The fraction of sp³-hybridized carbons (Fsp3) is 0.391. The first-order valence-electron chi connectivity index (χ1n) is 10.6. The highest BCUT2D eigenvalue weighted by Crippen LogP contribution is 2.24. The van der Waals surface area contributed by atoms with Gasteiger partial charge in [-0.05, 0) is 42.9 Å². The fourth-order valence-corrected chi connectivity index (χ4v) is 5.33. The molecule has 172 valence electrons. The fourth-order valence-electron chi connectivity index (χ4n) is 3.39. The number of hydrogen-bond acceptors (Lipinski definition) is 6. The average Bonchev–Trinajstić information content (AvgIpc) is 2.79. The first kappa shape index (κ1) is 24.4. The van der Waals surface area contributed by atoms with Gasteiger partial charge < -0.3 is 4.90 Å². The second kappa shape index (κ2) is 10.6. The van der Waals surface area contributed by atoms with Crippen molar-refractivity contribution in [3.8, 4) is 0 Å². The van der Waals surface area contributed by atoms with Crippen molar-refractivity contribution < 1.29 is 8.42 Å². The molecule has 3 aromatic rings. The van der Waals surface area contributed by atoms with Crippen LogP contribution >= 0.6 is 11.8 Å². The summed E-state index contributed by atoms with van der Waals surface area (Å²) in [5, 5.41) is 1.25. The van der Waals surface area contributed by atoms with Gasteiger partial charge >= 0.3 is 0 Å². The standard InChI is InChI=1S/C23H30N4O3S2/c1-5-26(6-2)14-15-27-22(28)20-12-7-8-13-21(20)24-23(27)31-17-18-10-9-11-19(16-18)32(29,30)25(3)4/h7-13,16H,5-6,14-15,17H2,1-4H3. The summed E-state index contributed by atoms with van der Waals surface area (Å²) in [6, 6.07) is 14.3. The molecular formula is C23H30N4O3S2. The summed E-state index contributed by atoms with van der Waals surface area (Å²) in [7, 11) is -0.466. The van der Waals surface area contributed by atoms with Crippen molar-refractivity contribution in [2.75, 3.05) is 33.7 Å². The molecule has 32 heavy (non-hydrogen) atoms. The van der Waals surface area contributed by atoms with Gasteiger partial charge in [-0.3, -0.25) is 9.36 Å². The SMILES string of the molecule is CCN(CC)CCn1c(SCc2cccc(S(=O)(=O)N(C)C)c2)nc2ccccc2c1=O. The van der Waals surface area contributed by atoms with Gasteiger partial charge in [-0.15, -0.1) is 0 Å². The second-order valence-electron chi connectivity index (χ2n) is 7.62. The molecule has 0 amide bonds. The predicted octanol–water partition coefficient (Wildman–Crippen LogP) is 3.28. The molecule has 0 radical (unpaired) electrons. The maximum absolute atomic E-state index is 13.2. The Kier molecular flexibility index (Phi) is 8.10. The van der Waals surface area contributed by atoms with Gasteiger partial charge in [-0.25, -0.2) is 17.7 Å². The molecule has 2 aromatic carbocycles. The van der Waals surface area contributed by atoms with Gasteiger partial charge in [0.25, 0.3) is 5.56 Å². The Bertz CT molecular complexity index is 1240. The van der Waals surface area contributed by atoms with Crippen molar-refractivity contribution in [1.82, 2.24) is 18.8 Å². The number of benzene rings is 2. The van der Waals surface area contributed by atoms with Crippen LogP contribution in [-0.2, 0) is 22.3 Å². The zero-order valence-electron chi connectivity index (χ0n) is 19.0. The minimum absolute atomic E-state index is 0.0470. The van der Waals surface area contributed by atoms with Gasteiger partial charge in [0.1, 0.15) is 0 Å². The molecule has 1 heterocycles. The largest absolute Gasteiger partial charge is 0.302 e. The van der Waals surface area contributed by atoms with Crippen LogP contribution < -0.4 is 5.56 Å². The smallest absolute Gasteiger partial charge is 0.262 e. The van der Waals surface area contributed by atoms with E-state index in [2.05, 4.69) is 18.7 Å². The number of rotatable bonds is 10. The van der Waals surface area contributed by atoms with Crippen molar-refractivity contribution in [2.24, 2.45) is 0 Å². The normalized spacial score (nSPS) is 12.2. The minimum atomic E-state index is -3.50. The summed E-state index contributed by atoms with van der Waals surface area (Å²) in [6.07, 6.45) is 0. The van der Waals surface area contributed by atoms with Crippen molar-refractivity contribution >= 4 is 32.7 Å². The number of hydrogen-bond donors (Lipinski definition) is 0. The first-order valence-corrected chi connectivity index (χ1v) is 13.1. The zero-order chi connectivity index (χ0) is 23.3. The highest BCUT2D eigenvalue weighted by atomic mass is 32.2. The minimum Gasteiger partial charge on any atom is -0.302 e. The summed E-state index contributed by atoms with van der Waals surface area (Å²) in [6.45, 7) is 7.36. The number of likely N-dealkylation sites (N-methyl/N-ethyl adjacent to an activating group) is 1. The van der Waals surface area contributed by atoms with Crippen molar-refractivity contribution in [2.45, 2.75) is 36.2 Å². The molecule has 9 heteroatoms. The topological polar surface area (TPSA) is 75.5 Å². The molecule has 7 nitrogen and oxygen atoms in total. The van der Waals surface area contributed by atoms with E-state index >= 15 is 0 Å². The van der Waals surface area contributed by atoms with Crippen LogP contribution in [0.1, 0.15) is 19.4 Å². The lowest BCUT2D eigenvalue weighted by Gasteiger charge is -2.20.